The zero-order valence-corrected chi connectivity index (χ0v) is 28.7. The number of aryl methyl sites for hydroxylation is 1. The van der Waals surface area contributed by atoms with Crippen molar-refractivity contribution in [2.24, 2.45) is 24.8 Å². The van der Waals surface area contributed by atoms with Crippen molar-refractivity contribution >= 4 is 21.6 Å². The van der Waals surface area contributed by atoms with Crippen LogP contribution in [0, 0.1) is 23.6 Å². The lowest BCUT2D eigenvalue weighted by Crippen LogP contribution is -2.65. The number of amides is 1. The number of anilines is 1. The first-order valence-electron chi connectivity index (χ1n) is 17.3. The minimum absolute atomic E-state index is 0.00942. The van der Waals surface area contributed by atoms with Crippen molar-refractivity contribution in [2.75, 3.05) is 57.8 Å². The molecule has 1 amide bonds. The lowest BCUT2D eigenvalue weighted by atomic mass is 9.62. The van der Waals surface area contributed by atoms with Crippen LogP contribution in [0.2, 0.25) is 0 Å². The molecule has 3 atom stereocenters. The van der Waals surface area contributed by atoms with E-state index in [2.05, 4.69) is 31.2 Å². The van der Waals surface area contributed by atoms with Crippen LogP contribution >= 0.6 is 0 Å². The number of carbonyl (C=O) groups is 1. The Bertz CT molecular complexity index is 1700. The van der Waals surface area contributed by atoms with E-state index in [-0.39, 0.29) is 33.1 Å². The summed E-state index contributed by atoms with van der Waals surface area (Å²) in [5.74, 6) is 0.873. The molecule has 0 radical (unpaired) electrons. The SMILES string of the molecule is COC(=O)N[C@H]1CCC[C@@H]1C(c1cccc(F)c1)(C1CCN(CC2CN(c3ccc(S(=O)(=O)c4cnn(C)c4)cc3)C2)CC1)N1CCC1. The molecule has 1 unspecified atom stereocenters. The molecule has 1 aliphatic carbocycles. The summed E-state index contributed by atoms with van der Waals surface area (Å²) in [6.07, 6.45) is 8.64. The second-order valence-corrected chi connectivity index (χ2v) is 16.1. The zero-order valence-electron chi connectivity index (χ0n) is 27.9. The number of carbonyl (C=O) groups excluding carboxylic acids is 1. The standard InChI is InChI=1S/C36H47FN6O4S/c1-40-25-32(21-38-40)48(45,46)31-12-10-30(11-13-31)42-23-26(24-42)22-41-18-14-27(15-19-41)36(43-16-5-17-43,28-6-3-7-29(37)20-28)33-8-4-9-34(33)39-35(44)47-2/h3,6-7,10-13,20-21,25-27,33-34H,4-5,8-9,14-19,22-24H2,1-2H3,(H,39,44)/t33-,34-,36?/m0/s1. The Morgan fingerprint density at radius 1 is 1.00 bits per heavy atom. The summed E-state index contributed by atoms with van der Waals surface area (Å²) in [6.45, 7) is 6.89. The number of nitrogens with one attached hydrogen (secondary N) is 1. The first kappa shape index (κ1) is 33.0. The molecule has 3 saturated heterocycles. The molecule has 4 fully saturated rings. The van der Waals surface area contributed by atoms with Crippen molar-refractivity contribution in [1.82, 2.24) is 24.9 Å². The molecule has 10 nitrogen and oxygen atoms in total. The summed E-state index contributed by atoms with van der Waals surface area (Å²) in [6, 6.07) is 14.4. The third-order valence-electron chi connectivity index (χ3n) is 11.4. The van der Waals surface area contributed by atoms with Gasteiger partial charge in [0, 0.05) is 69.5 Å². The average molecular weight is 679 g/mol. The molecule has 7 rings (SSSR count). The Balaban J connectivity index is 1.01. The summed E-state index contributed by atoms with van der Waals surface area (Å²) in [5, 5.41) is 7.17. The summed E-state index contributed by atoms with van der Waals surface area (Å²) in [7, 11) is -0.467. The van der Waals surface area contributed by atoms with Gasteiger partial charge in [0.1, 0.15) is 10.7 Å². The highest BCUT2D eigenvalue weighted by Crippen LogP contribution is 2.54. The van der Waals surface area contributed by atoms with Crippen molar-refractivity contribution in [3.63, 3.8) is 0 Å². The van der Waals surface area contributed by atoms with Gasteiger partial charge in [-0.2, -0.15) is 5.10 Å². The number of halogens is 1. The van der Waals surface area contributed by atoms with E-state index >= 15 is 0 Å². The van der Waals surface area contributed by atoms with E-state index < -0.39 is 15.9 Å². The smallest absolute Gasteiger partial charge is 0.407 e. The molecule has 4 aliphatic rings. The third-order valence-corrected chi connectivity index (χ3v) is 13.1. The Hall–Kier alpha value is -3.48. The van der Waals surface area contributed by atoms with Crippen LogP contribution in [-0.2, 0) is 27.2 Å². The molecule has 3 aromatic rings. The molecule has 3 aliphatic heterocycles. The Morgan fingerprint density at radius 2 is 1.75 bits per heavy atom. The summed E-state index contributed by atoms with van der Waals surface area (Å²) >= 11 is 0. The number of hydrogen-bond acceptors (Lipinski definition) is 8. The highest BCUT2D eigenvalue weighted by molar-refractivity contribution is 7.91. The number of rotatable bonds is 10. The second kappa shape index (κ2) is 13.4. The molecule has 48 heavy (non-hydrogen) atoms. The van der Waals surface area contributed by atoms with Crippen LogP contribution in [0.15, 0.2) is 70.7 Å². The van der Waals surface area contributed by atoms with Crippen LogP contribution < -0.4 is 10.2 Å². The van der Waals surface area contributed by atoms with E-state index in [1.807, 2.05) is 18.2 Å². The highest BCUT2D eigenvalue weighted by atomic mass is 32.2. The fraction of sp³-hybridized carbons (Fsp3) is 0.556. The van der Waals surface area contributed by atoms with E-state index in [9.17, 15) is 17.6 Å². The number of alkyl carbamates (subject to hydrolysis) is 1. The quantitative estimate of drug-likeness (QED) is 0.331. The summed E-state index contributed by atoms with van der Waals surface area (Å²) < 4.78 is 47.3. The van der Waals surface area contributed by atoms with E-state index in [0.717, 1.165) is 95.6 Å². The van der Waals surface area contributed by atoms with E-state index in [1.54, 1.807) is 25.2 Å². The normalized spacial score (nSPS) is 24.1. The molecular formula is C36H47FN6O4S. The first-order chi connectivity index (χ1) is 23.2. The van der Waals surface area contributed by atoms with Gasteiger partial charge >= 0.3 is 6.09 Å². The van der Waals surface area contributed by atoms with Gasteiger partial charge in [-0.3, -0.25) is 9.58 Å². The lowest BCUT2D eigenvalue weighted by molar-refractivity contribution is -0.0858. The van der Waals surface area contributed by atoms with Crippen LogP contribution in [0.4, 0.5) is 14.9 Å². The van der Waals surface area contributed by atoms with Crippen LogP contribution in [0.3, 0.4) is 0 Å². The molecule has 1 N–H and O–H groups in total. The maximum Gasteiger partial charge on any atom is 0.407 e. The molecule has 1 saturated carbocycles. The lowest BCUT2D eigenvalue weighted by Gasteiger charge is -2.59. The average Bonchev–Trinajstić information content (AvgIpc) is 3.70. The largest absolute Gasteiger partial charge is 0.453 e. The number of benzene rings is 2. The van der Waals surface area contributed by atoms with Gasteiger partial charge in [-0.25, -0.2) is 17.6 Å². The summed E-state index contributed by atoms with van der Waals surface area (Å²) in [4.78, 5) is 20.4. The third kappa shape index (κ3) is 6.11. The van der Waals surface area contributed by atoms with E-state index in [4.69, 9.17) is 4.74 Å². The predicted octanol–water partition coefficient (Wildman–Crippen LogP) is 4.67. The van der Waals surface area contributed by atoms with Crippen LogP contribution in [0.25, 0.3) is 0 Å². The molecule has 12 heteroatoms. The number of sulfone groups is 1. The van der Waals surface area contributed by atoms with Gasteiger partial charge in [0.15, 0.2) is 0 Å². The fourth-order valence-electron chi connectivity index (χ4n) is 9.05. The van der Waals surface area contributed by atoms with Crippen LogP contribution in [0.5, 0.6) is 0 Å². The van der Waals surface area contributed by atoms with Crippen molar-refractivity contribution in [2.45, 2.75) is 59.9 Å². The van der Waals surface area contributed by atoms with E-state index in [0.29, 0.717) is 11.8 Å². The number of methoxy groups -OCH3 is 1. The monoisotopic (exact) mass is 678 g/mol. The van der Waals surface area contributed by atoms with Gasteiger partial charge in [0.2, 0.25) is 9.84 Å². The van der Waals surface area contributed by atoms with Gasteiger partial charge < -0.3 is 19.9 Å². The zero-order chi connectivity index (χ0) is 33.5. The van der Waals surface area contributed by atoms with Gasteiger partial charge in [-0.1, -0.05) is 18.6 Å². The molecule has 258 valence electrons. The van der Waals surface area contributed by atoms with Crippen molar-refractivity contribution in [3.8, 4) is 0 Å². The summed E-state index contributed by atoms with van der Waals surface area (Å²) in [5.41, 5.74) is 1.76. The number of piperidine rings is 1. The molecular weight excluding hydrogens is 631 g/mol. The van der Waals surface area contributed by atoms with Crippen molar-refractivity contribution in [3.05, 3.63) is 72.3 Å². The minimum Gasteiger partial charge on any atom is -0.453 e. The number of hydrogen-bond donors (Lipinski definition) is 1. The number of aromatic nitrogens is 2. The van der Waals surface area contributed by atoms with Gasteiger partial charge in [0.25, 0.3) is 0 Å². The topological polar surface area (TPSA) is 100 Å². The van der Waals surface area contributed by atoms with Crippen molar-refractivity contribution < 1.29 is 22.3 Å². The molecule has 1 aromatic heterocycles. The number of nitrogens with zero attached hydrogens (tertiary/aromatic N) is 5. The van der Waals surface area contributed by atoms with Gasteiger partial charge in [-0.15, -0.1) is 0 Å². The molecule has 2 aromatic carbocycles. The second-order valence-electron chi connectivity index (χ2n) is 14.1. The molecule has 0 bridgehead atoms. The highest BCUT2D eigenvalue weighted by Gasteiger charge is 2.56. The van der Waals surface area contributed by atoms with Crippen LogP contribution in [0.1, 0.15) is 44.1 Å². The minimum atomic E-state index is -3.59. The van der Waals surface area contributed by atoms with Gasteiger partial charge in [-0.05, 0) is 93.1 Å². The number of likely N-dealkylation sites (tertiary alicyclic amines) is 2. The Kier molecular flexibility index (Phi) is 9.25. The maximum atomic E-state index is 14.9. The molecule has 0 spiro atoms. The number of ether oxygens (including phenoxy) is 1. The van der Waals surface area contributed by atoms with Crippen molar-refractivity contribution in [1.29, 1.82) is 0 Å². The molecule has 4 heterocycles. The first-order valence-corrected chi connectivity index (χ1v) is 18.8. The maximum absolute atomic E-state index is 14.9. The van der Waals surface area contributed by atoms with Crippen LogP contribution in [-0.4, -0.2) is 93.1 Å². The predicted molar refractivity (Wildman–Crippen MR) is 181 cm³/mol. The fourth-order valence-corrected chi connectivity index (χ4v) is 10.3. The Labute approximate surface area is 283 Å². The van der Waals surface area contributed by atoms with Gasteiger partial charge in [0.05, 0.1) is 23.7 Å². The Morgan fingerprint density at radius 3 is 2.38 bits per heavy atom. The van der Waals surface area contributed by atoms with E-state index in [1.165, 1.54) is 30.3 Å².